The minimum absolute atomic E-state index is 0. The van der Waals surface area contributed by atoms with Gasteiger partial charge in [0.15, 0.2) is 5.96 Å². The molecule has 1 aromatic rings. The van der Waals surface area contributed by atoms with Crippen molar-refractivity contribution < 1.29 is 8.78 Å². The highest BCUT2D eigenvalue weighted by Gasteiger charge is 2.39. The Morgan fingerprint density at radius 3 is 2.67 bits per heavy atom. The number of hydrogen-bond donors (Lipinski definition) is 2. The summed E-state index contributed by atoms with van der Waals surface area (Å²) in [5, 5.41) is 7.76. The maximum Gasteiger partial charge on any atom is 0.251 e. The molecular weight excluding hydrogens is 485 g/mol. The van der Waals surface area contributed by atoms with Gasteiger partial charge in [-0.05, 0) is 43.9 Å². The van der Waals surface area contributed by atoms with Gasteiger partial charge in [0.05, 0.1) is 6.54 Å². The Hall–Kier alpha value is -0.670. The summed E-state index contributed by atoms with van der Waals surface area (Å²) in [4.78, 5) is 6.38. The fraction of sp³-hybridized carbons (Fsp3) is 0.632. The predicted octanol–water partition coefficient (Wildman–Crippen LogP) is 4.10. The van der Waals surface area contributed by atoms with Crippen LogP contribution >= 0.6 is 35.6 Å². The fourth-order valence-electron chi connectivity index (χ4n) is 3.58. The molecule has 152 valence electrons. The van der Waals surface area contributed by atoms with E-state index in [0.717, 1.165) is 30.2 Å². The second-order valence-corrected chi connectivity index (χ2v) is 7.52. The maximum absolute atomic E-state index is 12.5. The first kappa shape index (κ1) is 22.6. The van der Waals surface area contributed by atoms with Gasteiger partial charge < -0.3 is 10.6 Å². The van der Waals surface area contributed by atoms with E-state index in [0.29, 0.717) is 31.6 Å². The molecule has 0 amide bonds. The van der Waals surface area contributed by atoms with Crippen molar-refractivity contribution in [3.8, 4) is 0 Å². The third kappa shape index (κ3) is 7.02. The van der Waals surface area contributed by atoms with Gasteiger partial charge in [-0.15, -0.1) is 24.0 Å². The number of guanidine groups is 1. The molecule has 2 atom stereocenters. The second-order valence-electron chi connectivity index (χ2n) is 7.08. The highest BCUT2D eigenvalue weighted by molar-refractivity contribution is 14.0. The average Bonchev–Trinajstić information content (AvgIpc) is 3.35. The van der Waals surface area contributed by atoms with Crippen LogP contribution in [0.15, 0.2) is 29.3 Å². The van der Waals surface area contributed by atoms with Gasteiger partial charge in [0, 0.05) is 42.7 Å². The van der Waals surface area contributed by atoms with Crippen molar-refractivity contribution in [3.63, 3.8) is 0 Å². The Balaban J connectivity index is 0.00000261. The normalized spacial score (nSPS) is 23.8. The van der Waals surface area contributed by atoms with Crippen molar-refractivity contribution in [1.82, 2.24) is 15.5 Å². The average molecular weight is 513 g/mol. The summed E-state index contributed by atoms with van der Waals surface area (Å²) in [6.07, 6.45) is 0.535. The molecule has 1 aromatic carbocycles. The summed E-state index contributed by atoms with van der Waals surface area (Å²) < 4.78 is 25.0. The summed E-state index contributed by atoms with van der Waals surface area (Å²) >= 11 is 6.08. The van der Waals surface area contributed by atoms with Crippen LogP contribution in [0.25, 0.3) is 0 Å². The van der Waals surface area contributed by atoms with Gasteiger partial charge in [-0.1, -0.05) is 23.7 Å². The number of likely N-dealkylation sites (tertiary alicyclic amines) is 1. The molecular formula is C19H28ClF2IN4. The van der Waals surface area contributed by atoms with Crippen molar-refractivity contribution in [2.24, 2.45) is 4.99 Å². The van der Waals surface area contributed by atoms with Crippen LogP contribution < -0.4 is 10.6 Å². The SMILES string of the molecule is CCN=C(NC1CCN(CC(F)F)CC1)NC1CC1c1cccc(Cl)c1.I. The topological polar surface area (TPSA) is 39.7 Å². The third-order valence-corrected chi connectivity index (χ3v) is 5.27. The molecule has 4 nitrogen and oxygen atoms in total. The van der Waals surface area contributed by atoms with Gasteiger partial charge in [-0.25, -0.2) is 8.78 Å². The zero-order valence-corrected chi connectivity index (χ0v) is 18.6. The first-order valence-corrected chi connectivity index (χ1v) is 9.76. The summed E-state index contributed by atoms with van der Waals surface area (Å²) in [7, 11) is 0. The van der Waals surface area contributed by atoms with Crippen LogP contribution in [0.2, 0.25) is 5.02 Å². The van der Waals surface area contributed by atoms with Gasteiger partial charge in [0.2, 0.25) is 0 Å². The van der Waals surface area contributed by atoms with E-state index < -0.39 is 6.43 Å². The fourth-order valence-corrected chi connectivity index (χ4v) is 3.77. The molecule has 3 rings (SSSR count). The lowest BCUT2D eigenvalue weighted by Gasteiger charge is -2.32. The van der Waals surface area contributed by atoms with E-state index in [1.165, 1.54) is 5.56 Å². The molecule has 2 unspecified atom stereocenters. The molecule has 0 bridgehead atoms. The Labute approximate surface area is 182 Å². The number of nitrogens with one attached hydrogen (secondary N) is 2. The quantitative estimate of drug-likeness (QED) is 0.343. The van der Waals surface area contributed by atoms with Crippen LogP contribution in [-0.2, 0) is 0 Å². The van der Waals surface area contributed by atoms with E-state index in [1.54, 1.807) is 0 Å². The number of alkyl halides is 2. The van der Waals surface area contributed by atoms with Crippen LogP contribution in [-0.4, -0.2) is 55.5 Å². The van der Waals surface area contributed by atoms with Crippen molar-refractivity contribution in [2.75, 3.05) is 26.2 Å². The number of rotatable bonds is 6. The van der Waals surface area contributed by atoms with Gasteiger partial charge in [0.25, 0.3) is 6.43 Å². The molecule has 0 radical (unpaired) electrons. The molecule has 1 heterocycles. The van der Waals surface area contributed by atoms with Crippen LogP contribution in [0, 0.1) is 0 Å². The molecule has 0 spiro atoms. The van der Waals surface area contributed by atoms with E-state index in [1.807, 2.05) is 30.0 Å². The van der Waals surface area contributed by atoms with E-state index in [9.17, 15) is 8.78 Å². The Morgan fingerprint density at radius 1 is 1.30 bits per heavy atom. The van der Waals surface area contributed by atoms with Crippen molar-refractivity contribution >= 4 is 41.5 Å². The maximum atomic E-state index is 12.5. The van der Waals surface area contributed by atoms with Crippen molar-refractivity contribution in [1.29, 1.82) is 0 Å². The van der Waals surface area contributed by atoms with Crippen LogP contribution in [0.5, 0.6) is 0 Å². The highest BCUT2D eigenvalue weighted by Crippen LogP contribution is 2.41. The van der Waals surface area contributed by atoms with Gasteiger partial charge in [-0.3, -0.25) is 9.89 Å². The zero-order chi connectivity index (χ0) is 18.5. The summed E-state index contributed by atoms with van der Waals surface area (Å²) in [5.41, 5.74) is 1.26. The molecule has 2 N–H and O–H groups in total. The highest BCUT2D eigenvalue weighted by atomic mass is 127. The molecule has 1 saturated heterocycles. The number of hydrogen-bond acceptors (Lipinski definition) is 2. The smallest absolute Gasteiger partial charge is 0.251 e. The number of nitrogens with zero attached hydrogens (tertiary/aromatic N) is 2. The van der Waals surface area contributed by atoms with Crippen LogP contribution in [0.4, 0.5) is 8.78 Å². The number of piperidine rings is 1. The second kappa shape index (κ2) is 10.8. The number of aliphatic imine (C=N–C) groups is 1. The lowest BCUT2D eigenvalue weighted by molar-refractivity contribution is 0.0744. The molecule has 1 saturated carbocycles. The van der Waals surface area contributed by atoms with E-state index in [2.05, 4.69) is 21.7 Å². The minimum Gasteiger partial charge on any atom is -0.354 e. The van der Waals surface area contributed by atoms with Gasteiger partial charge in [0.1, 0.15) is 0 Å². The first-order chi connectivity index (χ1) is 12.5. The Bertz CT molecular complexity index is 623. The van der Waals surface area contributed by atoms with Crippen LogP contribution in [0.1, 0.15) is 37.7 Å². The standard InChI is InChI=1S/C19H27ClF2N4.HI/c1-2-23-19(24-15-6-8-26(9-7-15)12-18(21)22)25-17-11-16(17)13-4-3-5-14(20)10-13;/h3-5,10,15-18H,2,6-9,11-12H2,1H3,(H2,23,24,25);1H. The lowest BCUT2D eigenvalue weighted by Crippen LogP contribution is -2.50. The van der Waals surface area contributed by atoms with Gasteiger partial charge in [-0.2, -0.15) is 0 Å². The molecule has 27 heavy (non-hydrogen) atoms. The van der Waals surface area contributed by atoms with Gasteiger partial charge >= 0.3 is 0 Å². The summed E-state index contributed by atoms with van der Waals surface area (Å²) in [6, 6.07) is 8.66. The number of halogens is 4. The van der Waals surface area contributed by atoms with Crippen LogP contribution in [0.3, 0.4) is 0 Å². The molecule has 0 aromatic heterocycles. The van der Waals surface area contributed by atoms with Crippen molar-refractivity contribution in [3.05, 3.63) is 34.9 Å². The van der Waals surface area contributed by atoms with Crippen molar-refractivity contribution in [2.45, 2.75) is 50.6 Å². The Morgan fingerprint density at radius 2 is 2.04 bits per heavy atom. The van der Waals surface area contributed by atoms with E-state index >= 15 is 0 Å². The largest absolute Gasteiger partial charge is 0.354 e. The number of benzene rings is 1. The molecule has 1 aliphatic heterocycles. The predicted molar refractivity (Wildman–Crippen MR) is 118 cm³/mol. The first-order valence-electron chi connectivity index (χ1n) is 9.38. The summed E-state index contributed by atoms with van der Waals surface area (Å²) in [5.74, 6) is 1.29. The molecule has 2 aliphatic rings. The minimum atomic E-state index is -2.25. The third-order valence-electron chi connectivity index (χ3n) is 5.03. The van der Waals surface area contributed by atoms with E-state index in [4.69, 9.17) is 11.6 Å². The zero-order valence-electron chi connectivity index (χ0n) is 15.5. The van der Waals surface area contributed by atoms with E-state index in [-0.39, 0.29) is 36.6 Å². The lowest BCUT2D eigenvalue weighted by atomic mass is 10.1. The Kier molecular flexibility index (Phi) is 9.01. The monoisotopic (exact) mass is 512 g/mol. The molecule has 2 fully saturated rings. The summed E-state index contributed by atoms with van der Waals surface area (Å²) in [6.45, 7) is 4.00. The molecule has 8 heteroatoms. The molecule has 1 aliphatic carbocycles.